The van der Waals surface area contributed by atoms with Crippen LogP contribution in [0.15, 0.2) is 54.6 Å². The van der Waals surface area contributed by atoms with E-state index in [1.807, 2.05) is 30.3 Å². The number of rotatable bonds is 6. The molecule has 1 heterocycles. The molecule has 0 spiro atoms. The highest BCUT2D eigenvalue weighted by Crippen LogP contribution is 2.36. The van der Waals surface area contributed by atoms with E-state index in [1.165, 1.54) is 24.8 Å². The fraction of sp³-hybridized carbons (Fsp3) is 0.409. The van der Waals surface area contributed by atoms with Gasteiger partial charge in [0.1, 0.15) is 0 Å². The van der Waals surface area contributed by atoms with Crippen LogP contribution < -0.4 is 5.73 Å². The fourth-order valence-electron chi connectivity index (χ4n) is 3.93. The number of piperidine rings is 1. The monoisotopic (exact) mass is 336 g/mol. The Kier molecular flexibility index (Phi) is 5.54. The Morgan fingerprint density at radius 2 is 1.56 bits per heavy atom. The Balaban J connectivity index is 1.99. The van der Waals surface area contributed by atoms with Crippen LogP contribution in [0.3, 0.4) is 0 Å². The van der Waals surface area contributed by atoms with Crippen molar-refractivity contribution < 1.29 is 4.79 Å². The molecule has 1 atom stereocenters. The first-order valence-electron chi connectivity index (χ1n) is 9.28. The molecule has 2 aromatic rings. The molecule has 0 saturated carbocycles. The summed E-state index contributed by atoms with van der Waals surface area (Å²) >= 11 is 0. The Hall–Kier alpha value is -2.13. The molecule has 1 aliphatic rings. The van der Waals surface area contributed by atoms with Gasteiger partial charge in [0.2, 0.25) is 5.91 Å². The van der Waals surface area contributed by atoms with Crippen molar-refractivity contribution in [2.24, 2.45) is 5.73 Å². The number of primary amides is 1. The SMILES string of the molecule is Cc1ccc(C(CCN2CCCCC2)(C(N)=O)c2ccccc2)cc1. The first kappa shape index (κ1) is 17.7. The number of hydrogen-bond donors (Lipinski definition) is 1. The minimum atomic E-state index is -0.771. The van der Waals surface area contributed by atoms with E-state index in [0.29, 0.717) is 0 Å². The molecule has 3 rings (SSSR count). The summed E-state index contributed by atoms with van der Waals surface area (Å²) in [6.45, 7) is 5.20. The molecule has 1 aliphatic heterocycles. The minimum absolute atomic E-state index is 0.264. The second-order valence-electron chi connectivity index (χ2n) is 7.15. The zero-order valence-corrected chi connectivity index (χ0v) is 15.1. The van der Waals surface area contributed by atoms with E-state index in [-0.39, 0.29) is 5.91 Å². The second-order valence-corrected chi connectivity index (χ2v) is 7.15. The lowest BCUT2D eigenvalue weighted by molar-refractivity contribution is -0.122. The lowest BCUT2D eigenvalue weighted by Crippen LogP contribution is -2.45. The lowest BCUT2D eigenvalue weighted by atomic mass is 9.71. The highest BCUT2D eigenvalue weighted by molar-refractivity contribution is 5.90. The van der Waals surface area contributed by atoms with Crippen molar-refractivity contribution in [3.05, 3.63) is 71.3 Å². The number of carbonyl (C=O) groups excluding carboxylic acids is 1. The summed E-state index contributed by atoms with van der Waals surface area (Å²) in [5.41, 5.74) is 8.43. The second kappa shape index (κ2) is 7.83. The average molecular weight is 336 g/mol. The van der Waals surface area contributed by atoms with Gasteiger partial charge in [-0.25, -0.2) is 0 Å². The first-order chi connectivity index (χ1) is 12.1. The third-order valence-electron chi connectivity index (χ3n) is 5.48. The van der Waals surface area contributed by atoms with Gasteiger partial charge in [-0.3, -0.25) is 4.79 Å². The molecule has 132 valence electrons. The van der Waals surface area contributed by atoms with Gasteiger partial charge in [0.25, 0.3) is 0 Å². The number of likely N-dealkylation sites (tertiary alicyclic amines) is 1. The van der Waals surface area contributed by atoms with Gasteiger partial charge in [-0.15, -0.1) is 0 Å². The van der Waals surface area contributed by atoms with E-state index < -0.39 is 5.41 Å². The zero-order chi connectivity index (χ0) is 17.7. The van der Waals surface area contributed by atoms with Gasteiger partial charge in [0.05, 0.1) is 5.41 Å². The fourth-order valence-corrected chi connectivity index (χ4v) is 3.93. The van der Waals surface area contributed by atoms with Crippen LogP contribution in [0.2, 0.25) is 0 Å². The van der Waals surface area contributed by atoms with E-state index in [4.69, 9.17) is 5.73 Å². The third-order valence-corrected chi connectivity index (χ3v) is 5.48. The summed E-state index contributed by atoms with van der Waals surface area (Å²) in [6, 6.07) is 18.3. The van der Waals surface area contributed by atoms with Crippen LogP contribution in [0, 0.1) is 6.92 Å². The molecule has 25 heavy (non-hydrogen) atoms. The topological polar surface area (TPSA) is 46.3 Å². The maximum Gasteiger partial charge on any atom is 0.232 e. The highest BCUT2D eigenvalue weighted by atomic mass is 16.1. The van der Waals surface area contributed by atoms with Crippen LogP contribution in [-0.4, -0.2) is 30.4 Å². The number of nitrogens with two attached hydrogens (primary N) is 1. The summed E-state index contributed by atoms with van der Waals surface area (Å²) in [5, 5.41) is 0. The quantitative estimate of drug-likeness (QED) is 0.875. The third kappa shape index (κ3) is 3.77. The van der Waals surface area contributed by atoms with Gasteiger partial charge in [-0.2, -0.15) is 0 Å². The number of carbonyl (C=O) groups is 1. The summed E-state index contributed by atoms with van der Waals surface area (Å²) in [6.07, 6.45) is 4.53. The van der Waals surface area contributed by atoms with E-state index in [9.17, 15) is 4.79 Å². The molecule has 3 heteroatoms. The molecule has 1 saturated heterocycles. The first-order valence-corrected chi connectivity index (χ1v) is 9.28. The average Bonchev–Trinajstić information content (AvgIpc) is 2.65. The van der Waals surface area contributed by atoms with Crippen molar-refractivity contribution in [2.45, 2.75) is 38.0 Å². The molecular weight excluding hydrogens is 308 g/mol. The molecule has 0 radical (unpaired) electrons. The van der Waals surface area contributed by atoms with Crippen molar-refractivity contribution in [2.75, 3.05) is 19.6 Å². The van der Waals surface area contributed by atoms with Gasteiger partial charge in [-0.05, 0) is 56.9 Å². The maximum atomic E-state index is 12.8. The summed E-state index contributed by atoms with van der Waals surface area (Å²) in [7, 11) is 0. The maximum absolute atomic E-state index is 12.8. The number of hydrogen-bond acceptors (Lipinski definition) is 2. The highest BCUT2D eigenvalue weighted by Gasteiger charge is 2.40. The van der Waals surface area contributed by atoms with E-state index >= 15 is 0 Å². The van der Waals surface area contributed by atoms with Gasteiger partial charge in [-0.1, -0.05) is 66.6 Å². The van der Waals surface area contributed by atoms with Gasteiger partial charge in [0.15, 0.2) is 0 Å². The Bertz CT molecular complexity index is 690. The van der Waals surface area contributed by atoms with Gasteiger partial charge < -0.3 is 10.6 Å². The van der Waals surface area contributed by atoms with Crippen LogP contribution in [0.1, 0.15) is 42.4 Å². The van der Waals surface area contributed by atoms with Crippen molar-refractivity contribution in [3.8, 4) is 0 Å². The Morgan fingerprint density at radius 1 is 0.960 bits per heavy atom. The predicted molar refractivity (Wildman–Crippen MR) is 103 cm³/mol. The van der Waals surface area contributed by atoms with Crippen LogP contribution in [0.5, 0.6) is 0 Å². The van der Waals surface area contributed by atoms with Crippen LogP contribution in [0.4, 0.5) is 0 Å². The lowest BCUT2D eigenvalue weighted by Gasteiger charge is -2.35. The zero-order valence-electron chi connectivity index (χ0n) is 15.1. The normalized spacial score (nSPS) is 17.8. The Morgan fingerprint density at radius 3 is 2.16 bits per heavy atom. The van der Waals surface area contributed by atoms with Crippen molar-refractivity contribution >= 4 is 5.91 Å². The number of aryl methyl sites for hydroxylation is 1. The van der Waals surface area contributed by atoms with Crippen LogP contribution >= 0.6 is 0 Å². The molecule has 3 nitrogen and oxygen atoms in total. The molecule has 0 aromatic heterocycles. The molecule has 1 fully saturated rings. The van der Waals surface area contributed by atoms with Crippen molar-refractivity contribution in [1.82, 2.24) is 4.90 Å². The summed E-state index contributed by atoms with van der Waals surface area (Å²) in [4.78, 5) is 15.3. The standard InChI is InChI=1S/C22H28N2O/c1-18-10-12-20(13-11-18)22(21(23)25,19-8-4-2-5-9-19)14-17-24-15-6-3-7-16-24/h2,4-5,8-13H,3,6-7,14-17H2,1H3,(H2,23,25). The molecular formula is C22H28N2O. The summed E-state index contributed by atoms with van der Waals surface area (Å²) < 4.78 is 0. The van der Waals surface area contributed by atoms with Crippen molar-refractivity contribution in [3.63, 3.8) is 0 Å². The van der Waals surface area contributed by atoms with E-state index in [2.05, 4.69) is 36.1 Å². The van der Waals surface area contributed by atoms with E-state index in [0.717, 1.165) is 37.2 Å². The van der Waals surface area contributed by atoms with Crippen LogP contribution in [-0.2, 0) is 10.2 Å². The number of amides is 1. The molecule has 2 aromatic carbocycles. The molecule has 2 N–H and O–H groups in total. The largest absolute Gasteiger partial charge is 0.369 e. The van der Waals surface area contributed by atoms with Crippen LogP contribution in [0.25, 0.3) is 0 Å². The molecule has 1 amide bonds. The summed E-state index contributed by atoms with van der Waals surface area (Å²) in [5.74, 6) is -0.264. The molecule has 0 aliphatic carbocycles. The smallest absolute Gasteiger partial charge is 0.232 e. The Labute approximate surface area is 150 Å². The molecule has 1 unspecified atom stereocenters. The van der Waals surface area contributed by atoms with Gasteiger partial charge in [0, 0.05) is 0 Å². The van der Waals surface area contributed by atoms with Crippen molar-refractivity contribution in [1.29, 1.82) is 0 Å². The number of nitrogens with zero attached hydrogens (tertiary/aromatic N) is 1. The van der Waals surface area contributed by atoms with E-state index in [1.54, 1.807) is 0 Å². The molecule has 0 bridgehead atoms. The number of benzene rings is 2. The predicted octanol–water partition coefficient (Wildman–Crippen LogP) is 3.64. The minimum Gasteiger partial charge on any atom is -0.369 e. The van der Waals surface area contributed by atoms with Gasteiger partial charge >= 0.3 is 0 Å².